The van der Waals surface area contributed by atoms with Gasteiger partial charge in [-0.15, -0.1) is 0 Å². The minimum atomic E-state index is 0.200. The van der Waals surface area contributed by atoms with Crippen molar-refractivity contribution >= 4 is 23.3 Å². The molecule has 24 heavy (non-hydrogen) atoms. The van der Waals surface area contributed by atoms with Crippen molar-refractivity contribution in [1.82, 2.24) is 0 Å². The Hall–Kier alpha value is -1.53. The molecular formula is C23H27Cl. The van der Waals surface area contributed by atoms with E-state index >= 15 is 0 Å². The van der Waals surface area contributed by atoms with Crippen LogP contribution in [0.3, 0.4) is 0 Å². The first-order valence-corrected chi connectivity index (χ1v) is 9.17. The molecule has 0 bridgehead atoms. The second-order valence-corrected chi connectivity index (χ2v) is 8.79. The number of rotatable bonds is 2. The highest BCUT2D eigenvalue weighted by atomic mass is 35.5. The van der Waals surface area contributed by atoms with E-state index in [1.54, 1.807) is 0 Å². The Morgan fingerprint density at radius 3 is 2.04 bits per heavy atom. The lowest BCUT2D eigenvalue weighted by atomic mass is 9.63. The predicted molar refractivity (Wildman–Crippen MR) is 107 cm³/mol. The first-order valence-electron chi connectivity index (χ1n) is 8.79. The van der Waals surface area contributed by atoms with Gasteiger partial charge in [-0.3, -0.25) is 0 Å². The first-order chi connectivity index (χ1) is 11.2. The fourth-order valence-corrected chi connectivity index (χ4v) is 3.95. The van der Waals surface area contributed by atoms with Gasteiger partial charge in [0.15, 0.2) is 0 Å². The lowest BCUT2D eigenvalue weighted by molar-refractivity contribution is 0.332. The average molecular weight is 339 g/mol. The molecule has 1 aliphatic rings. The fourth-order valence-electron chi connectivity index (χ4n) is 3.73. The summed E-state index contributed by atoms with van der Waals surface area (Å²) in [6.45, 7) is 11.5. The molecule has 0 aromatic heterocycles. The molecule has 0 nitrogen and oxygen atoms in total. The summed E-state index contributed by atoms with van der Waals surface area (Å²) in [5.74, 6) is 0. The van der Waals surface area contributed by atoms with Gasteiger partial charge in [-0.2, -0.15) is 0 Å². The molecule has 0 atom stereocenters. The number of benzene rings is 2. The molecule has 2 aromatic rings. The van der Waals surface area contributed by atoms with Crippen molar-refractivity contribution in [3.63, 3.8) is 0 Å². The van der Waals surface area contributed by atoms with Crippen molar-refractivity contribution in [2.45, 2.75) is 58.3 Å². The maximum atomic E-state index is 6.67. The Morgan fingerprint density at radius 1 is 0.917 bits per heavy atom. The zero-order valence-electron chi connectivity index (χ0n) is 15.4. The number of hydrogen-bond donors (Lipinski definition) is 0. The van der Waals surface area contributed by atoms with Crippen LogP contribution in [-0.4, -0.2) is 0 Å². The predicted octanol–water partition coefficient (Wildman–Crippen LogP) is 7.25. The summed E-state index contributed by atoms with van der Waals surface area (Å²) in [6.07, 6.45) is 4.65. The Balaban J connectivity index is 2.12. The lowest BCUT2D eigenvalue weighted by Gasteiger charge is -2.42. The van der Waals surface area contributed by atoms with Crippen LogP contribution in [-0.2, 0) is 10.8 Å². The van der Waals surface area contributed by atoms with Crippen molar-refractivity contribution in [3.8, 4) is 0 Å². The molecule has 0 heterocycles. The molecule has 0 saturated carbocycles. The molecule has 0 fully saturated rings. The molecule has 0 aliphatic heterocycles. The molecule has 126 valence electrons. The number of halogens is 1. The van der Waals surface area contributed by atoms with Crippen molar-refractivity contribution in [1.29, 1.82) is 0 Å². The van der Waals surface area contributed by atoms with Gasteiger partial charge < -0.3 is 0 Å². The largest absolute Gasteiger partial charge is 0.0837 e. The minimum absolute atomic E-state index is 0.200. The Morgan fingerprint density at radius 2 is 1.46 bits per heavy atom. The van der Waals surface area contributed by atoms with Crippen LogP contribution in [0.5, 0.6) is 0 Å². The van der Waals surface area contributed by atoms with Crippen LogP contribution in [0.15, 0.2) is 42.5 Å². The minimum Gasteiger partial charge on any atom is -0.0837 e. The zero-order valence-corrected chi connectivity index (χ0v) is 16.2. The molecular weight excluding hydrogens is 312 g/mol. The van der Waals surface area contributed by atoms with Crippen LogP contribution in [0.2, 0.25) is 5.02 Å². The summed E-state index contributed by atoms with van der Waals surface area (Å²) in [6, 6.07) is 15.0. The zero-order chi connectivity index (χ0) is 17.5. The second-order valence-electron chi connectivity index (χ2n) is 8.38. The molecule has 0 spiro atoms. The van der Waals surface area contributed by atoms with Gasteiger partial charge in [0.05, 0.1) is 0 Å². The molecule has 3 rings (SSSR count). The molecule has 0 N–H and O–H groups in total. The summed E-state index contributed by atoms with van der Waals surface area (Å²) in [4.78, 5) is 0. The third kappa shape index (κ3) is 3.17. The van der Waals surface area contributed by atoms with Gasteiger partial charge in [0.1, 0.15) is 0 Å². The van der Waals surface area contributed by atoms with Crippen molar-refractivity contribution in [2.24, 2.45) is 0 Å². The quantitative estimate of drug-likeness (QED) is 0.506. The highest BCUT2D eigenvalue weighted by molar-refractivity contribution is 6.32. The third-order valence-corrected chi connectivity index (χ3v) is 5.90. The number of allylic oxidation sites excluding steroid dienone is 1. The Kier molecular flexibility index (Phi) is 4.38. The van der Waals surface area contributed by atoms with Crippen LogP contribution in [0, 0.1) is 0 Å². The third-order valence-electron chi connectivity index (χ3n) is 5.57. The van der Waals surface area contributed by atoms with Crippen molar-refractivity contribution < 1.29 is 0 Å². The van der Waals surface area contributed by atoms with Crippen molar-refractivity contribution in [2.75, 3.05) is 0 Å². The lowest BCUT2D eigenvalue weighted by Crippen LogP contribution is -2.33. The summed E-state index contributed by atoms with van der Waals surface area (Å²) < 4.78 is 0. The number of fused-ring (bicyclic) bond motifs is 1. The monoisotopic (exact) mass is 338 g/mol. The van der Waals surface area contributed by atoms with E-state index in [-0.39, 0.29) is 10.8 Å². The van der Waals surface area contributed by atoms with Gasteiger partial charge in [-0.05, 0) is 76.6 Å². The van der Waals surface area contributed by atoms with Crippen LogP contribution in [0.25, 0.3) is 11.6 Å². The van der Waals surface area contributed by atoms with E-state index in [9.17, 15) is 0 Å². The molecule has 0 radical (unpaired) electrons. The summed E-state index contributed by atoms with van der Waals surface area (Å²) in [7, 11) is 0. The molecule has 2 aromatic carbocycles. The molecule has 0 unspecified atom stereocenters. The van der Waals surface area contributed by atoms with Crippen LogP contribution in [0.1, 0.15) is 69.7 Å². The topological polar surface area (TPSA) is 0 Å². The number of hydrogen-bond acceptors (Lipinski definition) is 0. The highest BCUT2D eigenvalue weighted by Gasteiger charge is 2.37. The summed E-state index contributed by atoms with van der Waals surface area (Å²) >= 11 is 6.67. The average Bonchev–Trinajstić information content (AvgIpc) is 2.54. The first kappa shape index (κ1) is 17.3. The van der Waals surface area contributed by atoms with Crippen LogP contribution >= 0.6 is 11.6 Å². The van der Waals surface area contributed by atoms with Gasteiger partial charge >= 0.3 is 0 Å². The highest BCUT2D eigenvalue weighted by Crippen LogP contribution is 2.47. The second kappa shape index (κ2) is 6.08. The standard InChI is InChI=1S/C23H27Cl/c1-16(17-9-7-6-8-10-17)13-18-14-19-20(15-21(18)24)23(4,5)12-11-22(19,2)3/h6-10,13-15H,11-12H2,1-5H3/b16-13+. The van der Waals surface area contributed by atoms with Crippen LogP contribution < -0.4 is 0 Å². The Bertz CT molecular complexity index is 779. The maximum absolute atomic E-state index is 6.67. The van der Waals surface area contributed by atoms with E-state index in [4.69, 9.17) is 11.6 Å². The smallest absolute Gasteiger partial charge is 0.0481 e. The van der Waals surface area contributed by atoms with Crippen LogP contribution in [0.4, 0.5) is 0 Å². The van der Waals surface area contributed by atoms with E-state index in [0.29, 0.717) is 0 Å². The van der Waals surface area contributed by atoms with E-state index in [2.05, 4.69) is 77.1 Å². The molecule has 1 aliphatic carbocycles. The SMILES string of the molecule is C/C(=C\c1cc2c(cc1Cl)C(C)(C)CCC2(C)C)c1ccccc1. The fraction of sp³-hybridized carbons (Fsp3) is 0.391. The molecule has 0 amide bonds. The Labute approximate surface area is 151 Å². The van der Waals surface area contributed by atoms with Gasteiger partial charge in [-0.1, -0.05) is 69.6 Å². The van der Waals surface area contributed by atoms with Crippen molar-refractivity contribution in [3.05, 3.63) is 69.7 Å². The molecule has 1 heteroatoms. The van der Waals surface area contributed by atoms with Gasteiger partial charge in [0.25, 0.3) is 0 Å². The van der Waals surface area contributed by atoms with E-state index in [1.165, 1.54) is 35.1 Å². The summed E-state index contributed by atoms with van der Waals surface area (Å²) in [5, 5.41) is 0.856. The molecule has 0 saturated heterocycles. The van der Waals surface area contributed by atoms with Gasteiger partial charge in [0.2, 0.25) is 0 Å². The maximum Gasteiger partial charge on any atom is 0.0481 e. The van der Waals surface area contributed by atoms with E-state index in [0.717, 1.165) is 10.6 Å². The summed E-state index contributed by atoms with van der Waals surface area (Å²) in [5.41, 5.74) is 6.89. The van der Waals surface area contributed by atoms with Gasteiger partial charge in [0, 0.05) is 5.02 Å². The normalized spacial score (nSPS) is 19.0. The van der Waals surface area contributed by atoms with E-state index < -0.39 is 0 Å². The van der Waals surface area contributed by atoms with Gasteiger partial charge in [-0.25, -0.2) is 0 Å². The van der Waals surface area contributed by atoms with E-state index in [1.807, 2.05) is 6.07 Å².